The molecule has 160 valence electrons. The molecular weight excluding hydrogens is 380 g/mol. The minimum absolute atomic E-state index is 0.0729. The van der Waals surface area contributed by atoms with Gasteiger partial charge in [0, 0.05) is 32.2 Å². The van der Waals surface area contributed by atoms with E-state index in [1.165, 1.54) is 0 Å². The maximum absolute atomic E-state index is 12.9. The van der Waals surface area contributed by atoms with E-state index in [1.54, 1.807) is 16.9 Å². The number of hydrogen-bond acceptors (Lipinski definition) is 5. The number of amides is 1. The monoisotopic (exact) mass is 410 g/mol. The zero-order valence-electron chi connectivity index (χ0n) is 17.8. The fourth-order valence-corrected chi connectivity index (χ4v) is 4.10. The van der Waals surface area contributed by atoms with Gasteiger partial charge in [-0.3, -0.25) is 9.59 Å². The van der Waals surface area contributed by atoms with Crippen LogP contribution in [0.1, 0.15) is 44.7 Å². The number of nitrogens with zero attached hydrogens (tertiary/aromatic N) is 4. The molecule has 2 aromatic rings. The lowest BCUT2D eigenvalue weighted by Gasteiger charge is -2.34. The van der Waals surface area contributed by atoms with E-state index in [2.05, 4.69) is 10.00 Å². The Bertz CT molecular complexity index is 951. The second kappa shape index (κ2) is 8.90. The first-order chi connectivity index (χ1) is 14.5. The van der Waals surface area contributed by atoms with Gasteiger partial charge in [-0.25, -0.2) is 4.68 Å². The molecule has 2 fully saturated rings. The first-order valence-corrected chi connectivity index (χ1v) is 10.9. The van der Waals surface area contributed by atoms with E-state index in [0.29, 0.717) is 13.0 Å². The summed E-state index contributed by atoms with van der Waals surface area (Å²) in [6.45, 7) is 7.19. The van der Waals surface area contributed by atoms with Gasteiger partial charge in [0.2, 0.25) is 5.91 Å². The molecule has 0 bridgehead atoms. The molecule has 2 aliphatic heterocycles. The molecule has 30 heavy (non-hydrogen) atoms. The standard InChI is InChI=1S/C23H30N4O3/c1-17(2)30-21-8-3-6-18(12-21)13-22(28)26-9-4-7-19(16-26)27-23(29)14-20(15-24-27)25-10-5-11-25/h3,6,8,12,14-15,17,19H,4-5,7,9-11,13,16H2,1-2H3/t19-/m0/s1. The van der Waals surface area contributed by atoms with Crippen LogP contribution in [-0.4, -0.2) is 52.9 Å². The Balaban J connectivity index is 1.41. The van der Waals surface area contributed by atoms with Crippen LogP contribution in [0.15, 0.2) is 41.3 Å². The van der Waals surface area contributed by atoms with E-state index in [9.17, 15) is 9.59 Å². The Morgan fingerprint density at radius 1 is 1.20 bits per heavy atom. The van der Waals surface area contributed by atoms with Crippen LogP contribution in [0.25, 0.3) is 0 Å². The first kappa shape index (κ1) is 20.4. The molecule has 0 radical (unpaired) electrons. The highest BCUT2D eigenvalue weighted by Gasteiger charge is 2.26. The summed E-state index contributed by atoms with van der Waals surface area (Å²) in [5.41, 5.74) is 1.75. The van der Waals surface area contributed by atoms with Crippen molar-refractivity contribution < 1.29 is 9.53 Å². The van der Waals surface area contributed by atoms with Crippen molar-refractivity contribution >= 4 is 11.6 Å². The van der Waals surface area contributed by atoms with E-state index in [1.807, 2.05) is 43.0 Å². The Hall–Kier alpha value is -2.83. The third kappa shape index (κ3) is 4.66. The molecule has 1 aromatic heterocycles. The van der Waals surface area contributed by atoms with Gasteiger partial charge < -0.3 is 14.5 Å². The molecule has 0 saturated carbocycles. The van der Waals surface area contributed by atoms with Gasteiger partial charge in [0.05, 0.1) is 30.5 Å². The van der Waals surface area contributed by atoms with Crippen molar-refractivity contribution in [2.45, 2.75) is 51.7 Å². The van der Waals surface area contributed by atoms with Crippen LogP contribution in [0.4, 0.5) is 5.69 Å². The maximum atomic E-state index is 12.9. The predicted molar refractivity (Wildman–Crippen MR) is 116 cm³/mol. The Labute approximate surface area is 177 Å². The van der Waals surface area contributed by atoms with Crippen LogP contribution in [0.5, 0.6) is 5.75 Å². The molecule has 1 aromatic carbocycles. The van der Waals surface area contributed by atoms with Crippen LogP contribution in [0, 0.1) is 0 Å². The van der Waals surface area contributed by atoms with E-state index >= 15 is 0 Å². The van der Waals surface area contributed by atoms with E-state index in [-0.39, 0.29) is 23.6 Å². The van der Waals surface area contributed by atoms with E-state index in [0.717, 1.165) is 55.9 Å². The van der Waals surface area contributed by atoms with Gasteiger partial charge in [-0.05, 0) is 50.8 Å². The van der Waals surface area contributed by atoms with Gasteiger partial charge in [-0.2, -0.15) is 5.10 Å². The van der Waals surface area contributed by atoms with Crippen LogP contribution in [0.3, 0.4) is 0 Å². The topological polar surface area (TPSA) is 67.7 Å². The van der Waals surface area contributed by atoms with Crippen molar-refractivity contribution in [2.24, 2.45) is 0 Å². The summed E-state index contributed by atoms with van der Waals surface area (Å²) in [5, 5.41) is 4.43. The molecule has 0 unspecified atom stereocenters. The number of ether oxygens (including phenoxy) is 1. The average Bonchev–Trinajstić information content (AvgIpc) is 2.66. The number of carbonyl (C=O) groups is 1. The molecule has 1 amide bonds. The van der Waals surface area contributed by atoms with Crippen molar-refractivity contribution in [3.05, 3.63) is 52.4 Å². The molecule has 2 aliphatic rings. The number of piperidine rings is 1. The molecule has 2 saturated heterocycles. The molecular formula is C23H30N4O3. The number of likely N-dealkylation sites (tertiary alicyclic amines) is 1. The van der Waals surface area contributed by atoms with Crippen molar-refractivity contribution in [2.75, 3.05) is 31.1 Å². The quantitative estimate of drug-likeness (QED) is 0.732. The normalized spacial score (nSPS) is 19.0. The third-order valence-corrected chi connectivity index (χ3v) is 5.75. The third-order valence-electron chi connectivity index (χ3n) is 5.75. The van der Waals surface area contributed by atoms with Crippen molar-refractivity contribution in [1.29, 1.82) is 0 Å². The minimum Gasteiger partial charge on any atom is -0.491 e. The zero-order chi connectivity index (χ0) is 21.1. The SMILES string of the molecule is CC(C)Oc1cccc(CC(=O)N2CCC[C@H](n3ncc(N4CCC4)cc3=O)C2)c1. The van der Waals surface area contributed by atoms with Crippen LogP contribution in [-0.2, 0) is 11.2 Å². The molecule has 1 atom stereocenters. The number of aromatic nitrogens is 2. The fourth-order valence-electron chi connectivity index (χ4n) is 4.10. The van der Waals surface area contributed by atoms with Crippen molar-refractivity contribution in [1.82, 2.24) is 14.7 Å². The van der Waals surface area contributed by atoms with Crippen LogP contribution >= 0.6 is 0 Å². The zero-order valence-corrected chi connectivity index (χ0v) is 17.8. The molecule has 3 heterocycles. The van der Waals surface area contributed by atoms with Crippen molar-refractivity contribution in [3.8, 4) is 5.75 Å². The average molecular weight is 411 g/mol. The molecule has 7 nitrogen and oxygen atoms in total. The Morgan fingerprint density at radius 2 is 2.03 bits per heavy atom. The fraction of sp³-hybridized carbons (Fsp3) is 0.522. The molecule has 0 N–H and O–H groups in total. The number of carbonyl (C=O) groups excluding carboxylic acids is 1. The second-order valence-electron chi connectivity index (χ2n) is 8.46. The highest BCUT2D eigenvalue weighted by molar-refractivity contribution is 5.79. The Kier molecular flexibility index (Phi) is 6.06. The van der Waals surface area contributed by atoms with Crippen molar-refractivity contribution in [3.63, 3.8) is 0 Å². The second-order valence-corrected chi connectivity index (χ2v) is 8.46. The van der Waals surface area contributed by atoms with Gasteiger partial charge in [0.1, 0.15) is 5.75 Å². The largest absolute Gasteiger partial charge is 0.491 e. The lowest BCUT2D eigenvalue weighted by molar-refractivity contribution is -0.132. The van der Waals surface area contributed by atoms with Gasteiger partial charge in [-0.1, -0.05) is 12.1 Å². The summed E-state index contributed by atoms with van der Waals surface area (Å²) >= 11 is 0. The molecule has 0 spiro atoms. The number of hydrogen-bond donors (Lipinski definition) is 0. The predicted octanol–water partition coefficient (Wildman–Crippen LogP) is 2.65. The number of benzene rings is 1. The van der Waals surface area contributed by atoms with Crippen LogP contribution in [0.2, 0.25) is 0 Å². The van der Waals surface area contributed by atoms with Crippen LogP contribution < -0.4 is 15.2 Å². The summed E-state index contributed by atoms with van der Waals surface area (Å²) in [5.74, 6) is 0.858. The van der Waals surface area contributed by atoms with Gasteiger partial charge in [-0.15, -0.1) is 0 Å². The summed E-state index contributed by atoms with van der Waals surface area (Å²) in [6.07, 6.45) is 5.10. The first-order valence-electron chi connectivity index (χ1n) is 10.9. The Morgan fingerprint density at radius 3 is 2.73 bits per heavy atom. The highest BCUT2D eigenvalue weighted by atomic mass is 16.5. The summed E-state index contributed by atoms with van der Waals surface area (Å²) < 4.78 is 7.29. The summed E-state index contributed by atoms with van der Waals surface area (Å²) in [6, 6.07) is 9.31. The molecule has 4 rings (SSSR count). The maximum Gasteiger partial charge on any atom is 0.269 e. The van der Waals surface area contributed by atoms with Gasteiger partial charge in [0.25, 0.3) is 5.56 Å². The minimum atomic E-state index is -0.0859. The number of rotatable bonds is 6. The molecule has 7 heteroatoms. The summed E-state index contributed by atoms with van der Waals surface area (Å²) in [4.78, 5) is 29.6. The smallest absolute Gasteiger partial charge is 0.269 e. The van der Waals surface area contributed by atoms with Gasteiger partial charge >= 0.3 is 0 Å². The lowest BCUT2D eigenvalue weighted by Crippen LogP contribution is -2.44. The summed E-state index contributed by atoms with van der Waals surface area (Å²) in [7, 11) is 0. The van der Waals surface area contributed by atoms with Gasteiger partial charge in [0.15, 0.2) is 0 Å². The number of anilines is 1. The van der Waals surface area contributed by atoms with E-state index < -0.39 is 0 Å². The van der Waals surface area contributed by atoms with E-state index in [4.69, 9.17) is 4.74 Å². The highest BCUT2D eigenvalue weighted by Crippen LogP contribution is 2.23. The lowest BCUT2D eigenvalue weighted by atomic mass is 10.0. The molecule has 0 aliphatic carbocycles.